The maximum absolute atomic E-state index is 3.63. The van der Waals surface area contributed by atoms with Crippen LogP contribution in [0.15, 0.2) is 16.6 Å². The molecule has 1 aromatic carbocycles. The molecular formula is C17H26BrN. The van der Waals surface area contributed by atoms with Crippen LogP contribution in [0.25, 0.3) is 0 Å². The van der Waals surface area contributed by atoms with Gasteiger partial charge in [-0.25, -0.2) is 0 Å². The Hall–Kier alpha value is -0.340. The van der Waals surface area contributed by atoms with Gasteiger partial charge < -0.3 is 5.32 Å². The summed E-state index contributed by atoms with van der Waals surface area (Å²) in [4.78, 5) is 0. The Labute approximate surface area is 126 Å². The largest absolute Gasteiger partial charge is 0.313 e. The fourth-order valence-corrected chi connectivity index (χ4v) is 3.79. The van der Waals surface area contributed by atoms with Crippen LogP contribution in [0, 0.1) is 19.8 Å². The molecule has 19 heavy (non-hydrogen) atoms. The summed E-state index contributed by atoms with van der Waals surface area (Å²) in [5.74, 6) is 0.912. The minimum absolute atomic E-state index is 0.509. The van der Waals surface area contributed by atoms with Gasteiger partial charge in [0.25, 0.3) is 0 Å². The molecule has 1 aliphatic carbocycles. The van der Waals surface area contributed by atoms with Crippen molar-refractivity contribution in [1.82, 2.24) is 5.32 Å². The molecular weight excluding hydrogens is 298 g/mol. The molecule has 1 aromatic rings. The summed E-state index contributed by atoms with van der Waals surface area (Å²) >= 11 is 3.63. The molecule has 2 rings (SSSR count). The second kappa shape index (κ2) is 6.90. The van der Waals surface area contributed by atoms with Crippen molar-refractivity contribution < 1.29 is 0 Å². The third-order valence-electron chi connectivity index (χ3n) is 4.56. The predicted molar refractivity (Wildman–Crippen MR) is 86.6 cm³/mol. The van der Waals surface area contributed by atoms with E-state index in [0.717, 1.165) is 5.92 Å². The molecule has 0 bridgehead atoms. The second-order valence-corrected chi connectivity index (χ2v) is 6.89. The lowest BCUT2D eigenvalue weighted by Gasteiger charge is -2.28. The summed E-state index contributed by atoms with van der Waals surface area (Å²) in [6.45, 7) is 4.41. The van der Waals surface area contributed by atoms with Gasteiger partial charge >= 0.3 is 0 Å². The molecule has 106 valence electrons. The smallest absolute Gasteiger partial charge is 0.0322 e. The lowest BCUT2D eigenvalue weighted by atomic mass is 9.82. The molecule has 0 spiro atoms. The maximum Gasteiger partial charge on any atom is 0.0322 e. The molecule has 0 aliphatic heterocycles. The van der Waals surface area contributed by atoms with Crippen molar-refractivity contribution in [2.24, 2.45) is 5.92 Å². The Balaban J connectivity index is 2.14. The van der Waals surface area contributed by atoms with Crippen molar-refractivity contribution in [1.29, 1.82) is 0 Å². The molecule has 2 heteroatoms. The van der Waals surface area contributed by atoms with Crippen LogP contribution in [0.2, 0.25) is 0 Å². The minimum Gasteiger partial charge on any atom is -0.313 e. The molecule has 0 radical (unpaired) electrons. The monoisotopic (exact) mass is 323 g/mol. The van der Waals surface area contributed by atoms with E-state index in [1.54, 1.807) is 0 Å². The average molecular weight is 324 g/mol. The van der Waals surface area contributed by atoms with Crippen molar-refractivity contribution in [3.63, 3.8) is 0 Å². The Morgan fingerprint density at radius 2 is 1.84 bits per heavy atom. The van der Waals surface area contributed by atoms with Crippen molar-refractivity contribution >= 4 is 15.9 Å². The van der Waals surface area contributed by atoms with E-state index in [4.69, 9.17) is 0 Å². The standard InChI is InChI=1S/C17H26BrN/c1-12-10-16(18)13(2)9-15(12)17(19-3)11-14-7-5-4-6-8-14/h9-10,14,17,19H,4-8,11H2,1-3H3. The fraction of sp³-hybridized carbons (Fsp3) is 0.647. The van der Waals surface area contributed by atoms with Crippen LogP contribution >= 0.6 is 15.9 Å². The SMILES string of the molecule is CNC(CC1CCCCC1)c1cc(C)c(Br)cc1C. The summed E-state index contributed by atoms with van der Waals surface area (Å²) in [6.07, 6.45) is 8.44. The van der Waals surface area contributed by atoms with Gasteiger partial charge in [0, 0.05) is 10.5 Å². The number of hydrogen-bond acceptors (Lipinski definition) is 1. The fourth-order valence-electron chi connectivity index (χ4n) is 3.34. The topological polar surface area (TPSA) is 12.0 Å². The molecule has 1 saturated carbocycles. The van der Waals surface area contributed by atoms with Crippen molar-refractivity contribution in [2.75, 3.05) is 7.05 Å². The van der Waals surface area contributed by atoms with E-state index < -0.39 is 0 Å². The predicted octanol–water partition coefficient (Wildman–Crippen LogP) is 5.30. The zero-order valence-corrected chi connectivity index (χ0v) is 14.0. The molecule has 1 nitrogen and oxygen atoms in total. The summed E-state index contributed by atoms with van der Waals surface area (Å²) in [5, 5.41) is 3.54. The van der Waals surface area contributed by atoms with E-state index in [9.17, 15) is 0 Å². The zero-order chi connectivity index (χ0) is 13.8. The van der Waals surface area contributed by atoms with E-state index in [0.29, 0.717) is 6.04 Å². The molecule has 1 unspecified atom stereocenters. The number of rotatable bonds is 4. The molecule has 0 saturated heterocycles. The summed E-state index contributed by atoms with van der Waals surface area (Å²) in [6, 6.07) is 5.12. The van der Waals surface area contributed by atoms with E-state index in [2.05, 4.69) is 54.3 Å². The van der Waals surface area contributed by atoms with Crippen LogP contribution in [0.3, 0.4) is 0 Å². The minimum atomic E-state index is 0.509. The number of hydrogen-bond donors (Lipinski definition) is 1. The van der Waals surface area contributed by atoms with Gasteiger partial charge in [-0.05, 0) is 56.0 Å². The summed E-state index contributed by atoms with van der Waals surface area (Å²) in [5.41, 5.74) is 4.21. The van der Waals surface area contributed by atoms with Gasteiger partial charge in [0.15, 0.2) is 0 Å². The van der Waals surface area contributed by atoms with Crippen molar-refractivity contribution in [3.8, 4) is 0 Å². The van der Waals surface area contributed by atoms with Crippen LogP contribution in [0.4, 0.5) is 0 Å². The van der Waals surface area contributed by atoms with Crippen molar-refractivity contribution in [2.45, 2.75) is 58.4 Å². The molecule has 1 atom stereocenters. The van der Waals surface area contributed by atoms with Gasteiger partial charge in [0.2, 0.25) is 0 Å². The molecule has 0 amide bonds. The number of halogens is 1. The summed E-state index contributed by atoms with van der Waals surface area (Å²) in [7, 11) is 2.10. The first-order valence-corrected chi connectivity index (χ1v) is 8.35. The van der Waals surface area contributed by atoms with Gasteiger partial charge in [-0.15, -0.1) is 0 Å². The Bertz CT molecular complexity index is 422. The number of benzene rings is 1. The van der Waals surface area contributed by atoms with Crippen LogP contribution in [0.1, 0.15) is 61.3 Å². The Kier molecular flexibility index (Phi) is 5.47. The first-order chi connectivity index (χ1) is 9.11. The average Bonchev–Trinajstić information content (AvgIpc) is 2.42. The quantitative estimate of drug-likeness (QED) is 0.793. The highest BCUT2D eigenvalue weighted by atomic mass is 79.9. The lowest BCUT2D eigenvalue weighted by molar-refractivity contribution is 0.305. The normalized spacial score (nSPS) is 18.5. The van der Waals surface area contributed by atoms with E-state index >= 15 is 0 Å². The van der Waals surface area contributed by atoms with Gasteiger partial charge in [-0.2, -0.15) is 0 Å². The van der Waals surface area contributed by atoms with Crippen molar-refractivity contribution in [3.05, 3.63) is 33.3 Å². The van der Waals surface area contributed by atoms with Crippen LogP contribution in [-0.2, 0) is 0 Å². The van der Waals surface area contributed by atoms with Crippen LogP contribution in [-0.4, -0.2) is 7.05 Å². The zero-order valence-electron chi connectivity index (χ0n) is 12.4. The van der Waals surface area contributed by atoms with Gasteiger partial charge in [0.1, 0.15) is 0 Å². The van der Waals surface area contributed by atoms with E-state index in [1.807, 2.05) is 0 Å². The maximum atomic E-state index is 3.63. The van der Waals surface area contributed by atoms with Gasteiger partial charge in [0.05, 0.1) is 0 Å². The first-order valence-electron chi connectivity index (χ1n) is 7.55. The Morgan fingerprint density at radius 3 is 2.47 bits per heavy atom. The van der Waals surface area contributed by atoms with Gasteiger partial charge in [-0.1, -0.05) is 54.1 Å². The third-order valence-corrected chi connectivity index (χ3v) is 5.42. The third kappa shape index (κ3) is 3.82. The highest BCUT2D eigenvalue weighted by molar-refractivity contribution is 9.10. The molecule has 1 fully saturated rings. The Morgan fingerprint density at radius 1 is 1.16 bits per heavy atom. The van der Waals surface area contributed by atoms with Gasteiger partial charge in [-0.3, -0.25) is 0 Å². The van der Waals surface area contributed by atoms with E-state index in [-0.39, 0.29) is 0 Å². The highest BCUT2D eigenvalue weighted by Gasteiger charge is 2.20. The number of nitrogens with one attached hydrogen (secondary N) is 1. The molecule has 0 aromatic heterocycles. The second-order valence-electron chi connectivity index (χ2n) is 6.04. The first kappa shape index (κ1) is 15.1. The molecule has 1 N–H and O–H groups in total. The lowest BCUT2D eigenvalue weighted by Crippen LogP contribution is -2.22. The number of aryl methyl sites for hydroxylation is 2. The highest BCUT2D eigenvalue weighted by Crippen LogP contribution is 2.34. The molecule has 0 heterocycles. The van der Waals surface area contributed by atoms with E-state index in [1.165, 1.54) is 59.7 Å². The van der Waals surface area contributed by atoms with Crippen LogP contribution in [0.5, 0.6) is 0 Å². The summed E-state index contributed by atoms with van der Waals surface area (Å²) < 4.78 is 1.22. The van der Waals surface area contributed by atoms with Crippen LogP contribution < -0.4 is 5.32 Å². The molecule has 1 aliphatic rings.